The van der Waals surface area contributed by atoms with Crippen LogP contribution in [0.5, 0.6) is 0 Å². The topological polar surface area (TPSA) is 62.3 Å². The third kappa shape index (κ3) is 6.17. The molecule has 0 aliphatic carbocycles. The molecule has 3 aromatic rings. The average molecular weight is 512 g/mol. The fourth-order valence-electron chi connectivity index (χ4n) is 3.04. The predicted molar refractivity (Wildman–Crippen MR) is 140 cm³/mol. The molecule has 1 N–H and O–H groups in total. The van der Waals surface area contributed by atoms with Gasteiger partial charge in [-0.3, -0.25) is 14.5 Å². The molecule has 1 aliphatic heterocycles. The number of thiocarbonyl (C=S) groups is 1. The normalized spacial score (nSPS) is 15.1. The lowest BCUT2D eigenvalue weighted by molar-refractivity contribution is -0.126. The Morgan fingerprint density at radius 2 is 1.91 bits per heavy atom. The van der Waals surface area contributed by atoms with Crippen LogP contribution in [0.25, 0.3) is 6.08 Å². The summed E-state index contributed by atoms with van der Waals surface area (Å²) in [5.74, 6) is -0.637. The molecule has 33 heavy (non-hydrogen) atoms. The number of thioether (sulfide) groups is 1. The van der Waals surface area contributed by atoms with Gasteiger partial charge in [0.25, 0.3) is 5.91 Å². The van der Waals surface area contributed by atoms with Crippen molar-refractivity contribution in [1.82, 2.24) is 9.88 Å². The minimum atomic E-state index is -0.356. The molecule has 0 bridgehead atoms. The van der Waals surface area contributed by atoms with Crippen molar-refractivity contribution < 1.29 is 9.59 Å². The highest BCUT2D eigenvalue weighted by Gasteiger charge is 2.33. The van der Waals surface area contributed by atoms with Gasteiger partial charge in [-0.15, -0.1) is 11.3 Å². The standard InChI is InChI=1S/C24H18ClN3O2S3/c25-19-11-5-4-10-17(19)13-18-14-26-23(32-18)27-21(29)15-28-22(30)20(33-24(28)31)12-6-9-16-7-2-1-3-8-16/h1-12,14H,13,15H2,(H,26,27,29). The van der Waals surface area contributed by atoms with Crippen LogP contribution in [0.15, 0.2) is 77.9 Å². The average Bonchev–Trinajstić information content (AvgIpc) is 3.35. The molecular weight excluding hydrogens is 494 g/mol. The van der Waals surface area contributed by atoms with Crippen molar-refractivity contribution in [2.45, 2.75) is 6.42 Å². The van der Waals surface area contributed by atoms with E-state index < -0.39 is 0 Å². The lowest BCUT2D eigenvalue weighted by Crippen LogP contribution is -2.36. The van der Waals surface area contributed by atoms with Crippen LogP contribution in [0.2, 0.25) is 5.02 Å². The number of carbonyl (C=O) groups is 2. The molecule has 1 aromatic heterocycles. The molecule has 0 spiro atoms. The number of hydrogen-bond acceptors (Lipinski definition) is 6. The van der Waals surface area contributed by atoms with Crippen LogP contribution in [-0.2, 0) is 16.0 Å². The van der Waals surface area contributed by atoms with Gasteiger partial charge in [0.05, 0.1) is 4.91 Å². The maximum Gasteiger partial charge on any atom is 0.266 e. The second-order valence-electron chi connectivity index (χ2n) is 7.01. The van der Waals surface area contributed by atoms with Gasteiger partial charge < -0.3 is 5.32 Å². The van der Waals surface area contributed by atoms with Gasteiger partial charge in [-0.05, 0) is 23.3 Å². The van der Waals surface area contributed by atoms with Crippen LogP contribution >= 0.6 is 46.9 Å². The summed E-state index contributed by atoms with van der Waals surface area (Å²) in [6.07, 6.45) is 7.76. The summed E-state index contributed by atoms with van der Waals surface area (Å²) in [5, 5.41) is 3.91. The first kappa shape index (κ1) is 23.4. The Balaban J connectivity index is 1.34. The molecule has 0 atom stereocenters. The third-order valence-electron chi connectivity index (χ3n) is 4.63. The van der Waals surface area contributed by atoms with Gasteiger partial charge in [0.1, 0.15) is 10.9 Å². The van der Waals surface area contributed by atoms with Crippen molar-refractivity contribution >= 4 is 74.3 Å². The van der Waals surface area contributed by atoms with E-state index in [1.165, 1.54) is 28.0 Å². The fraction of sp³-hybridized carbons (Fsp3) is 0.0833. The van der Waals surface area contributed by atoms with Crippen molar-refractivity contribution in [3.63, 3.8) is 0 Å². The fourth-order valence-corrected chi connectivity index (χ4v) is 5.30. The highest BCUT2D eigenvalue weighted by molar-refractivity contribution is 8.26. The molecule has 166 valence electrons. The molecule has 0 unspecified atom stereocenters. The van der Waals surface area contributed by atoms with Gasteiger partial charge in [0, 0.05) is 22.5 Å². The second kappa shape index (κ2) is 10.9. The number of nitrogens with zero attached hydrogens (tertiary/aromatic N) is 2. The summed E-state index contributed by atoms with van der Waals surface area (Å²) in [4.78, 5) is 32.2. The highest BCUT2D eigenvalue weighted by atomic mass is 35.5. The van der Waals surface area contributed by atoms with E-state index in [0.717, 1.165) is 16.0 Å². The van der Waals surface area contributed by atoms with E-state index in [1.54, 1.807) is 18.3 Å². The SMILES string of the molecule is O=C(CN1C(=O)C(=CC=Cc2ccccc2)SC1=S)Nc1ncc(Cc2ccccc2Cl)s1. The third-order valence-corrected chi connectivity index (χ3v) is 7.31. The van der Waals surface area contributed by atoms with Crippen LogP contribution < -0.4 is 5.32 Å². The highest BCUT2D eigenvalue weighted by Crippen LogP contribution is 2.31. The Morgan fingerprint density at radius 3 is 2.70 bits per heavy atom. The minimum Gasteiger partial charge on any atom is -0.300 e. The summed E-state index contributed by atoms with van der Waals surface area (Å²) < 4.78 is 0.355. The largest absolute Gasteiger partial charge is 0.300 e. The molecule has 0 radical (unpaired) electrons. The molecule has 5 nitrogen and oxygen atoms in total. The smallest absolute Gasteiger partial charge is 0.266 e. The number of anilines is 1. The molecule has 1 aliphatic rings. The molecule has 9 heteroatoms. The van der Waals surface area contributed by atoms with E-state index in [2.05, 4.69) is 10.3 Å². The zero-order chi connectivity index (χ0) is 23.2. The number of aromatic nitrogens is 1. The predicted octanol–water partition coefficient (Wildman–Crippen LogP) is 5.78. The number of halogens is 1. The van der Waals surface area contributed by atoms with Gasteiger partial charge in [-0.1, -0.05) is 96.3 Å². The first-order valence-electron chi connectivity index (χ1n) is 9.94. The van der Waals surface area contributed by atoms with Crippen molar-refractivity contribution in [2.75, 3.05) is 11.9 Å². The lowest BCUT2D eigenvalue weighted by atomic mass is 10.1. The lowest BCUT2D eigenvalue weighted by Gasteiger charge is -2.13. The Labute approximate surface area is 210 Å². The van der Waals surface area contributed by atoms with E-state index in [4.69, 9.17) is 23.8 Å². The summed E-state index contributed by atoms with van der Waals surface area (Å²) in [5.41, 5.74) is 2.02. The number of benzene rings is 2. The molecule has 1 saturated heterocycles. The van der Waals surface area contributed by atoms with Crippen LogP contribution in [-0.4, -0.2) is 32.6 Å². The van der Waals surface area contributed by atoms with Crippen molar-refractivity contribution in [3.05, 3.63) is 98.9 Å². The Morgan fingerprint density at radius 1 is 1.15 bits per heavy atom. The van der Waals surface area contributed by atoms with Gasteiger partial charge >= 0.3 is 0 Å². The minimum absolute atomic E-state index is 0.163. The summed E-state index contributed by atoms with van der Waals surface area (Å²) in [6, 6.07) is 17.4. The van der Waals surface area contributed by atoms with Gasteiger partial charge in [-0.2, -0.15) is 0 Å². The summed E-state index contributed by atoms with van der Waals surface area (Å²) in [7, 11) is 0. The van der Waals surface area contributed by atoms with Gasteiger partial charge in [0.2, 0.25) is 5.91 Å². The zero-order valence-corrected chi connectivity index (χ0v) is 20.4. The number of rotatable bonds is 7. The number of nitrogens with one attached hydrogen (secondary N) is 1. The van der Waals surface area contributed by atoms with Crippen LogP contribution in [0, 0.1) is 0 Å². The maximum atomic E-state index is 12.7. The Kier molecular flexibility index (Phi) is 7.72. The summed E-state index contributed by atoms with van der Waals surface area (Å²) >= 11 is 14.1. The second-order valence-corrected chi connectivity index (χ2v) is 10.2. The first-order valence-corrected chi connectivity index (χ1v) is 12.4. The monoisotopic (exact) mass is 511 g/mol. The molecular formula is C24H18ClN3O2S3. The van der Waals surface area contributed by atoms with E-state index in [9.17, 15) is 9.59 Å². The zero-order valence-electron chi connectivity index (χ0n) is 17.2. The van der Waals surface area contributed by atoms with Crippen molar-refractivity contribution in [3.8, 4) is 0 Å². The van der Waals surface area contributed by atoms with E-state index in [0.29, 0.717) is 25.8 Å². The van der Waals surface area contributed by atoms with Crippen LogP contribution in [0.3, 0.4) is 0 Å². The Bertz CT molecular complexity index is 1250. The number of thiazole rings is 1. The van der Waals surface area contributed by atoms with Gasteiger partial charge in [0.15, 0.2) is 5.13 Å². The quantitative estimate of drug-likeness (QED) is 0.321. The molecule has 0 saturated carbocycles. The van der Waals surface area contributed by atoms with E-state index >= 15 is 0 Å². The van der Waals surface area contributed by atoms with Crippen LogP contribution in [0.4, 0.5) is 5.13 Å². The van der Waals surface area contributed by atoms with Crippen molar-refractivity contribution in [2.24, 2.45) is 0 Å². The Hall–Kier alpha value is -2.78. The maximum absolute atomic E-state index is 12.7. The molecule has 1 fully saturated rings. The van der Waals surface area contributed by atoms with Gasteiger partial charge in [-0.25, -0.2) is 4.98 Å². The van der Waals surface area contributed by atoms with Crippen molar-refractivity contribution in [1.29, 1.82) is 0 Å². The number of amides is 2. The number of allylic oxidation sites excluding steroid dienone is 2. The molecule has 2 aromatic carbocycles. The molecule has 4 rings (SSSR count). The van der Waals surface area contributed by atoms with Crippen LogP contribution in [0.1, 0.15) is 16.0 Å². The van der Waals surface area contributed by atoms with E-state index in [-0.39, 0.29) is 18.4 Å². The first-order chi connectivity index (χ1) is 16.0. The number of hydrogen-bond donors (Lipinski definition) is 1. The molecule has 2 amide bonds. The van der Waals surface area contributed by atoms with E-state index in [1.807, 2.05) is 60.7 Å². The molecule has 2 heterocycles. The number of carbonyl (C=O) groups excluding carboxylic acids is 2. The summed E-state index contributed by atoms with van der Waals surface area (Å²) in [6.45, 7) is -0.163.